The Balaban J connectivity index is 1.84. The lowest BCUT2D eigenvalue weighted by Crippen LogP contribution is -2.07. The summed E-state index contributed by atoms with van der Waals surface area (Å²) in [4.78, 5) is 10.7. The topological polar surface area (TPSA) is 63.3 Å². The second-order valence-corrected chi connectivity index (χ2v) is 4.70. The SMILES string of the molecule is O=C(O)c1cc(C2CC3CCC2C3)on1. The molecule has 1 aromatic rings. The van der Waals surface area contributed by atoms with Crippen molar-refractivity contribution < 1.29 is 14.4 Å². The summed E-state index contributed by atoms with van der Waals surface area (Å²) in [5.41, 5.74) is 0.0350. The quantitative estimate of drug-likeness (QED) is 0.808. The Labute approximate surface area is 87.3 Å². The molecule has 0 saturated heterocycles. The van der Waals surface area contributed by atoms with Gasteiger partial charge in [0.2, 0.25) is 0 Å². The molecule has 3 unspecified atom stereocenters. The summed E-state index contributed by atoms with van der Waals surface area (Å²) >= 11 is 0. The standard InChI is InChI=1S/C11H13NO3/c13-11(14)9-5-10(15-12-9)8-4-6-1-2-7(8)3-6/h5-8H,1-4H2,(H,13,14). The number of aromatic nitrogens is 1. The van der Waals surface area contributed by atoms with Crippen molar-refractivity contribution in [3.05, 3.63) is 17.5 Å². The third kappa shape index (κ3) is 1.35. The van der Waals surface area contributed by atoms with Gasteiger partial charge < -0.3 is 9.63 Å². The fraction of sp³-hybridized carbons (Fsp3) is 0.636. The van der Waals surface area contributed by atoms with Gasteiger partial charge in [0.25, 0.3) is 0 Å². The fourth-order valence-corrected chi connectivity index (χ4v) is 3.16. The zero-order valence-corrected chi connectivity index (χ0v) is 8.35. The van der Waals surface area contributed by atoms with E-state index in [2.05, 4.69) is 5.16 Å². The number of fused-ring (bicyclic) bond motifs is 2. The van der Waals surface area contributed by atoms with Crippen LogP contribution in [-0.4, -0.2) is 16.2 Å². The minimum atomic E-state index is -1.01. The molecule has 4 heteroatoms. The van der Waals surface area contributed by atoms with Crippen molar-refractivity contribution in [2.75, 3.05) is 0 Å². The molecule has 0 radical (unpaired) electrons. The van der Waals surface area contributed by atoms with E-state index < -0.39 is 5.97 Å². The molecule has 1 aromatic heterocycles. The Morgan fingerprint density at radius 2 is 2.33 bits per heavy atom. The smallest absolute Gasteiger partial charge is 0.358 e. The maximum Gasteiger partial charge on any atom is 0.358 e. The monoisotopic (exact) mass is 207 g/mol. The molecule has 0 aliphatic heterocycles. The van der Waals surface area contributed by atoms with Gasteiger partial charge >= 0.3 is 5.97 Å². The molecular formula is C11H13NO3. The van der Waals surface area contributed by atoms with Gasteiger partial charge in [-0.15, -0.1) is 0 Å². The van der Waals surface area contributed by atoms with Gasteiger partial charge in [-0.05, 0) is 31.1 Å². The molecule has 3 rings (SSSR count). The van der Waals surface area contributed by atoms with Crippen LogP contribution in [0.1, 0.15) is 47.8 Å². The van der Waals surface area contributed by atoms with Crippen LogP contribution in [0.15, 0.2) is 10.6 Å². The second-order valence-electron chi connectivity index (χ2n) is 4.70. The second kappa shape index (κ2) is 3.08. The van der Waals surface area contributed by atoms with E-state index in [0.717, 1.165) is 18.1 Å². The van der Waals surface area contributed by atoms with Crippen LogP contribution in [0.5, 0.6) is 0 Å². The summed E-state index contributed by atoms with van der Waals surface area (Å²) < 4.78 is 5.13. The number of carboxylic acid groups (broad SMARTS) is 1. The fourth-order valence-electron chi connectivity index (χ4n) is 3.16. The van der Waals surface area contributed by atoms with E-state index >= 15 is 0 Å². The predicted molar refractivity (Wildman–Crippen MR) is 51.7 cm³/mol. The maximum atomic E-state index is 10.7. The Kier molecular flexibility index (Phi) is 1.84. The van der Waals surface area contributed by atoms with Crippen molar-refractivity contribution in [1.29, 1.82) is 0 Å². The van der Waals surface area contributed by atoms with Crippen LogP contribution < -0.4 is 0 Å². The largest absolute Gasteiger partial charge is 0.476 e. The average molecular weight is 207 g/mol. The molecule has 80 valence electrons. The van der Waals surface area contributed by atoms with Gasteiger partial charge in [0.05, 0.1) is 0 Å². The Bertz CT molecular complexity index is 398. The Morgan fingerprint density at radius 3 is 2.87 bits per heavy atom. The van der Waals surface area contributed by atoms with Crippen LogP contribution in [0.4, 0.5) is 0 Å². The van der Waals surface area contributed by atoms with Crippen molar-refractivity contribution >= 4 is 5.97 Å². The van der Waals surface area contributed by atoms with E-state index in [1.807, 2.05) is 0 Å². The first-order valence-corrected chi connectivity index (χ1v) is 5.44. The van der Waals surface area contributed by atoms with E-state index in [1.165, 1.54) is 19.3 Å². The molecule has 1 N–H and O–H groups in total. The van der Waals surface area contributed by atoms with Crippen LogP contribution in [0.25, 0.3) is 0 Å². The number of carboxylic acids is 1. The molecule has 3 atom stereocenters. The predicted octanol–water partition coefficient (Wildman–Crippen LogP) is 2.28. The Hall–Kier alpha value is -1.32. The highest BCUT2D eigenvalue weighted by Crippen LogP contribution is 2.52. The van der Waals surface area contributed by atoms with Crippen LogP contribution in [-0.2, 0) is 0 Å². The van der Waals surface area contributed by atoms with Gasteiger partial charge in [-0.1, -0.05) is 11.6 Å². The van der Waals surface area contributed by atoms with Gasteiger partial charge in [0.1, 0.15) is 5.76 Å². The van der Waals surface area contributed by atoms with Gasteiger partial charge in [-0.25, -0.2) is 4.79 Å². The summed E-state index contributed by atoms with van der Waals surface area (Å²) in [6.45, 7) is 0. The lowest BCUT2D eigenvalue weighted by Gasteiger charge is -2.18. The summed E-state index contributed by atoms with van der Waals surface area (Å²) in [7, 11) is 0. The van der Waals surface area contributed by atoms with Crippen LogP contribution in [0.3, 0.4) is 0 Å². The molecular weight excluding hydrogens is 194 g/mol. The summed E-state index contributed by atoms with van der Waals surface area (Å²) in [6, 6.07) is 1.59. The van der Waals surface area contributed by atoms with E-state index in [-0.39, 0.29) is 5.69 Å². The van der Waals surface area contributed by atoms with Crippen LogP contribution in [0.2, 0.25) is 0 Å². The number of carbonyl (C=O) groups is 1. The molecule has 2 bridgehead atoms. The Morgan fingerprint density at radius 1 is 1.47 bits per heavy atom. The number of hydrogen-bond acceptors (Lipinski definition) is 3. The summed E-state index contributed by atoms with van der Waals surface area (Å²) in [6.07, 6.45) is 5.03. The molecule has 2 fully saturated rings. The zero-order chi connectivity index (χ0) is 10.4. The molecule has 0 spiro atoms. The molecule has 0 aromatic carbocycles. The van der Waals surface area contributed by atoms with Crippen molar-refractivity contribution in [3.63, 3.8) is 0 Å². The molecule has 1 heterocycles. The molecule has 15 heavy (non-hydrogen) atoms. The van der Waals surface area contributed by atoms with Gasteiger partial charge in [0, 0.05) is 12.0 Å². The first-order valence-electron chi connectivity index (χ1n) is 5.44. The molecule has 4 nitrogen and oxygen atoms in total. The van der Waals surface area contributed by atoms with E-state index in [9.17, 15) is 4.79 Å². The van der Waals surface area contributed by atoms with Crippen molar-refractivity contribution in [2.24, 2.45) is 11.8 Å². The lowest BCUT2D eigenvalue weighted by atomic mass is 9.87. The minimum Gasteiger partial charge on any atom is -0.476 e. The zero-order valence-electron chi connectivity index (χ0n) is 8.35. The highest BCUT2D eigenvalue weighted by Gasteiger charge is 2.42. The van der Waals surface area contributed by atoms with E-state index in [1.54, 1.807) is 6.07 Å². The normalized spacial score (nSPS) is 33.5. The van der Waals surface area contributed by atoms with E-state index in [4.69, 9.17) is 9.63 Å². The number of hydrogen-bond donors (Lipinski definition) is 1. The third-order valence-electron chi connectivity index (χ3n) is 3.85. The molecule has 2 saturated carbocycles. The highest BCUT2D eigenvalue weighted by atomic mass is 16.5. The van der Waals surface area contributed by atoms with Gasteiger partial charge in [-0.2, -0.15) is 0 Å². The maximum absolute atomic E-state index is 10.7. The van der Waals surface area contributed by atoms with Gasteiger partial charge in [0.15, 0.2) is 5.69 Å². The first kappa shape index (κ1) is 8.95. The minimum absolute atomic E-state index is 0.0350. The molecule has 0 amide bonds. The molecule has 2 aliphatic rings. The van der Waals surface area contributed by atoms with Crippen molar-refractivity contribution in [3.8, 4) is 0 Å². The van der Waals surface area contributed by atoms with E-state index in [0.29, 0.717) is 11.8 Å². The van der Waals surface area contributed by atoms with Crippen molar-refractivity contribution in [2.45, 2.75) is 31.6 Å². The first-order chi connectivity index (χ1) is 7.24. The highest BCUT2D eigenvalue weighted by molar-refractivity contribution is 5.85. The van der Waals surface area contributed by atoms with Crippen LogP contribution in [0, 0.1) is 11.8 Å². The third-order valence-corrected chi connectivity index (χ3v) is 3.85. The van der Waals surface area contributed by atoms with Crippen molar-refractivity contribution in [1.82, 2.24) is 5.16 Å². The molecule has 2 aliphatic carbocycles. The number of aromatic carboxylic acids is 1. The lowest BCUT2D eigenvalue weighted by molar-refractivity contribution is 0.0685. The number of rotatable bonds is 2. The average Bonchev–Trinajstić information content (AvgIpc) is 2.93. The summed E-state index contributed by atoms with van der Waals surface area (Å²) in [5, 5.41) is 12.3. The number of nitrogens with zero attached hydrogens (tertiary/aromatic N) is 1. The van der Waals surface area contributed by atoms with Gasteiger partial charge in [-0.3, -0.25) is 0 Å². The summed E-state index contributed by atoms with van der Waals surface area (Å²) in [5.74, 6) is 1.72. The van der Waals surface area contributed by atoms with Crippen LogP contribution >= 0.6 is 0 Å².